The van der Waals surface area contributed by atoms with E-state index in [1.165, 1.54) is 0 Å². The summed E-state index contributed by atoms with van der Waals surface area (Å²) in [6, 6.07) is 1.83. The summed E-state index contributed by atoms with van der Waals surface area (Å²) < 4.78 is 0. The molecule has 0 aromatic carbocycles. The van der Waals surface area contributed by atoms with Gasteiger partial charge in [0, 0.05) is 13.9 Å². The van der Waals surface area contributed by atoms with Crippen LogP contribution in [0.3, 0.4) is 0 Å². The van der Waals surface area contributed by atoms with Gasteiger partial charge in [0.05, 0.1) is 12.6 Å². The molecule has 1 aliphatic rings. The van der Waals surface area contributed by atoms with E-state index in [1.54, 1.807) is 17.9 Å². The predicted molar refractivity (Wildman–Crippen MR) is 82.7 cm³/mol. The molecule has 6 nitrogen and oxygen atoms in total. The van der Waals surface area contributed by atoms with E-state index in [1.807, 2.05) is 13.8 Å². The number of aliphatic imine (C=N–C) groups is 1. The second kappa shape index (κ2) is 7.21. The van der Waals surface area contributed by atoms with Crippen LogP contribution in [0.4, 0.5) is 0 Å². The molecule has 0 radical (unpaired) electrons. The van der Waals surface area contributed by atoms with Crippen molar-refractivity contribution in [1.29, 1.82) is 5.26 Å². The highest BCUT2D eigenvalue weighted by molar-refractivity contribution is 6.08. The molecule has 0 saturated heterocycles. The summed E-state index contributed by atoms with van der Waals surface area (Å²) >= 11 is 0. The normalized spacial score (nSPS) is 21.4. The molecule has 118 valence electrons. The molecular weight excluding hydrogens is 268 g/mol. The minimum absolute atomic E-state index is 0. The van der Waals surface area contributed by atoms with Gasteiger partial charge in [-0.2, -0.15) is 5.26 Å². The SMILES string of the molecule is CCCCC1=NC(C)(CNC(=O)CC#N)C(=O)N1C(C)C.[HH]. The average Bonchev–Trinajstić information content (AvgIpc) is 2.67. The number of hydrogen-bond acceptors (Lipinski definition) is 4. The predicted octanol–water partition coefficient (Wildman–Crippen LogP) is 1.86. The first-order valence-electron chi connectivity index (χ1n) is 7.41. The molecule has 1 aliphatic heterocycles. The van der Waals surface area contributed by atoms with Crippen LogP contribution in [0.25, 0.3) is 0 Å². The number of rotatable bonds is 7. The molecule has 1 unspecified atom stereocenters. The van der Waals surface area contributed by atoms with Crippen molar-refractivity contribution in [2.75, 3.05) is 6.54 Å². The van der Waals surface area contributed by atoms with Gasteiger partial charge in [0.2, 0.25) is 5.91 Å². The molecule has 0 fully saturated rings. The van der Waals surface area contributed by atoms with E-state index in [0.29, 0.717) is 0 Å². The fourth-order valence-electron chi connectivity index (χ4n) is 2.33. The molecule has 0 spiro atoms. The zero-order valence-electron chi connectivity index (χ0n) is 13.3. The molecule has 21 heavy (non-hydrogen) atoms. The lowest BCUT2D eigenvalue weighted by Gasteiger charge is -2.26. The number of unbranched alkanes of at least 4 members (excludes halogenated alkanes) is 1. The smallest absolute Gasteiger partial charge is 0.257 e. The fourth-order valence-corrected chi connectivity index (χ4v) is 2.33. The van der Waals surface area contributed by atoms with Crippen LogP contribution in [-0.2, 0) is 9.59 Å². The lowest BCUT2D eigenvalue weighted by Crippen LogP contribution is -2.49. The largest absolute Gasteiger partial charge is 0.352 e. The van der Waals surface area contributed by atoms with E-state index in [4.69, 9.17) is 5.26 Å². The maximum absolute atomic E-state index is 12.6. The van der Waals surface area contributed by atoms with Gasteiger partial charge in [-0.3, -0.25) is 19.5 Å². The Labute approximate surface area is 127 Å². The molecule has 1 rings (SSSR count). The van der Waals surface area contributed by atoms with Crippen LogP contribution in [0.1, 0.15) is 54.8 Å². The second-order valence-electron chi connectivity index (χ2n) is 5.79. The van der Waals surface area contributed by atoms with Crippen LogP contribution >= 0.6 is 0 Å². The molecule has 0 saturated carbocycles. The van der Waals surface area contributed by atoms with E-state index in [0.717, 1.165) is 25.1 Å². The minimum Gasteiger partial charge on any atom is -0.352 e. The van der Waals surface area contributed by atoms with Crippen molar-refractivity contribution >= 4 is 17.6 Å². The maximum atomic E-state index is 12.6. The van der Waals surface area contributed by atoms with Crippen molar-refractivity contribution in [1.82, 2.24) is 10.2 Å². The van der Waals surface area contributed by atoms with Gasteiger partial charge in [-0.05, 0) is 27.2 Å². The third kappa shape index (κ3) is 4.03. The van der Waals surface area contributed by atoms with Crippen LogP contribution in [0, 0.1) is 11.3 Å². The monoisotopic (exact) mass is 294 g/mol. The quantitative estimate of drug-likeness (QED) is 0.777. The molecule has 0 aromatic rings. The van der Waals surface area contributed by atoms with Crippen molar-refractivity contribution in [3.8, 4) is 6.07 Å². The molecule has 1 heterocycles. The Bertz CT molecular complexity index is 484. The van der Waals surface area contributed by atoms with E-state index in [9.17, 15) is 9.59 Å². The van der Waals surface area contributed by atoms with Crippen molar-refractivity contribution in [2.45, 2.75) is 65.0 Å². The Morgan fingerprint density at radius 1 is 1.57 bits per heavy atom. The van der Waals surface area contributed by atoms with Gasteiger partial charge in [0.15, 0.2) is 5.54 Å². The molecular formula is C15H26N4O2. The average molecular weight is 294 g/mol. The lowest BCUT2D eigenvalue weighted by atomic mass is 10.0. The molecule has 6 heteroatoms. The Balaban J connectivity index is 0.00000441. The third-order valence-corrected chi connectivity index (χ3v) is 3.47. The third-order valence-electron chi connectivity index (χ3n) is 3.47. The zero-order valence-corrected chi connectivity index (χ0v) is 13.3. The summed E-state index contributed by atoms with van der Waals surface area (Å²) in [5.74, 6) is 0.342. The minimum atomic E-state index is -0.960. The van der Waals surface area contributed by atoms with E-state index in [2.05, 4.69) is 17.2 Å². The number of carbonyl (C=O) groups is 2. The molecule has 0 aliphatic carbocycles. The molecule has 0 bridgehead atoms. The second-order valence-corrected chi connectivity index (χ2v) is 5.79. The van der Waals surface area contributed by atoms with Crippen molar-refractivity contribution in [3.05, 3.63) is 0 Å². The summed E-state index contributed by atoms with van der Waals surface area (Å²) in [7, 11) is 0. The Morgan fingerprint density at radius 3 is 2.76 bits per heavy atom. The van der Waals surface area contributed by atoms with Crippen LogP contribution in [-0.4, -0.2) is 40.7 Å². The number of nitrogens with one attached hydrogen (secondary N) is 1. The highest BCUT2D eigenvalue weighted by Gasteiger charge is 2.45. The first kappa shape index (κ1) is 17.2. The van der Waals surface area contributed by atoms with Crippen LogP contribution in [0.15, 0.2) is 4.99 Å². The van der Waals surface area contributed by atoms with Crippen molar-refractivity contribution in [2.24, 2.45) is 4.99 Å². The van der Waals surface area contributed by atoms with E-state index in [-0.39, 0.29) is 32.2 Å². The number of hydrogen-bond donors (Lipinski definition) is 1. The Morgan fingerprint density at radius 2 is 2.24 bits per heavy atom. The first-order valence-corrected chi connectivity index (χ1v) is 7.41. The molecule has 2 amide bonds. The summed E-state index contributed by atoms with van der Waals surface area (Å²) in [4.78, 5) is 30.3. The highest BCUT2D eigenvalue weighted by atomic mass is 16.2. The standard InChI is InChI=1S/C15H24N4O2.H2/c1-5-6-7-12-18-15(4,10-17-13(20)8-9-16)14(21)19(12)11(2)3;/h11H,5-8,10H2,1-4H3,(H,17,20);1H. The number of amides is 2. The highest BCUT2D eigenvalue weighted by Crippen LogP contribution is 2.26. The number of amidine groups is 1. The van der Waals surface area contributed by atoms with E-state index >= 15 is 0 Å². The molecule has 1 atom stereocenters. The van der Waals surface area contributed by atoms with Gasteiger partial charge in [-0.15, -0.1) is 0 Å². The Kier molecular flexibility index (Phi) is 5.89. The van der Waals surface area contributed by atoms with E-state index < -0.39 is 5.54 Å². The van der Waals surface area contributed by atoms with Gasteiger partial charge in [-0.25, -0.2) is 0 Å². The van der Waals surface area contributed by atoms with Gasteiger partial charge < -0.3 is 5.32 Å². The summed E-state index contributed by atoms with van der Waals surface area (Å²) in [6.07, 6.45) is 2.58. The van der Waals surface area contributed by atoms with Gasteiger partial charge in [-0.1, -0.05) is 13.3 Å². The lowest BCUT2D eigenvalue weighted by molar-refractivity contribution is -0.132. The van der Waals surface area contributed by atoms with Crippen molar-refractivity contribution in [3.63, 3.8) is 0 Å². The summed E-state index contributed by atoms with van der Waals surface area (Å²) in [6.45, 7) is 7.87. The molecule has 0 aromatic heterocycles. The zero-order chi connectivity index (χ0) is 16.0. The van der Waals surface area contributed by atoms with Crippen LogP contribution < -0.4 is 5.32 Å². The first-order chi connectivity index (χ1) is 9.85. The number of nitriles is 1. The van der Waals surface area contributed by atoms with Gasteiger partial charge in [0.25, 0.3) is 5.91 Å². The Hall–Kier alpha value is -1.90. The van der Waals surface area contributed by atoms with Crippen molar-refractivity contribution < 1.29 is 11.0 Å². The maximum Gasteiger partial charge on any atom is 0.257 e. The van der Waals surface area contributed by atoms with Crippen LogP contribution in [0.5, 0.6) is 0 Å². The summed E-state index contributed by atoms with van der Waals surface area (Å²) in [5, 5.41) is 11.1. The van der Waals surface area contributed by atoms with Gasteiger partial charge in [0.1, 0.15) is 12.3 Å². The van der Waals surface area contributed by atoms with Crippen LogP contribution in [0.2, 0.25) is 0 Å². The summed E-state index contributed by atoms with van der Waals surface area (Å²) in [5.41, 5.74) is -0.960. The number of nitrogens with zero attached hydrogens (tertiary/aromatic N) is 3. The molecule has 1 N–H and O–H groups in total. The van der Waals surface area contributed by atoms with Gasteiger partial charge >= 0.3 is 0 Å². The fraction of sp³-hybridized carbons (Fsp3) is 0.733. The number of carbonyl (C=O) groups excluding carboxylic acids is 2. The topological polar surface area (TPSA) is 85.6 Å².